The fourth-order valence-corrected chi connectivity index (χ4v) is 4.86. The van der Waals surface area contributed by atoms with Crippen LogP contribution < -0.4 is 0 Å². The molecular formula is C27H28N2O. The highest BCUT2D eigenvalue weighted by molar-refractivity contribution is 5.83. The molecule has 1 aliphatic carbocycles. The third-order valence-corrected chi connectivity index (χ3v) is 6.56. The van der Waals surface area contributed by atoms with E-state index in [1.807, 2.05) is 6.07 Å². The van der Waals surface area contributed by atoms with Crippen LogP contribution >= 0.6 is 0 Å². The number of carbonyl (C=O) groups is 1. The van der Waals surface area contributed by atoms with Crippen molar-refractivity contribution >= 4 is 5.91 Å². The molecule has 3 heteroatoms. The summed E-state index contributed by atoms with van der Waals surface area (Å²) in [7, 11) is 0. The Labute approximate surface area is 178 Å². The Hall–Kier alpha value is -2.91. The monoisotopic (exact) mass is 396 g/mol. The zero-order valence-electron chi connectivity index (χ0n) is 17.2. The Morgan fingerprint density at radius 2 is 1.20 bits per heavy atom. The number of hydrogen-bond acceptors (Lipinski definition) is 2. The minimum Gasteiger partial charge on any atom is -0.340 e. The van der Waals surface area contributed by atoms with E-state index in [4.69, 9.17) is 0 Å². The van der Waals surface area contributed by atoms with Crippen molar-refractivity contribution in [3.63, 3.8) is 0 Å². The van der Waals surface area contributed by atoms with Crippen molar-refractivity contribution in [1.82, 2.24) is 9.80 Å². The third-order valence-electron chi connectivity index (χ3n) is 6.56. The molecule has 0 bridgehead atoms. The van der Waals surface area contributed by atoms with Crippen LogP contribution in [0.5, 0.6) is 0 Å². The number of rotatable bonds is 5. The Bertz CT molecular complexity index is 926. The first-order valence-corrected chi connectivity index (χ1v) is 11.0. The molecule has 0 spiro atoms. The van der Waals surface area contributed by atoms with E-state index in [1.165, 1.54) is 16.7 Å². The molecule has 0 N–H and O–H groups in total. The first-order chi connectivity index (χ1) is 14.8. The summed E-state index contributed by atoms with van der Waals surface area (Å²) in [5, 5.41) is 0. The van der Waals surface area contributed by atoms with E-state index in [0.29, 0.717) is 11.8 Å². The summed E-state index contributed by atoms with van der Waals surface area (Å²) in [6.07, 6.45) is 1.000. The Kier molecular flexibility index (Phi) is 5.37. The van der Waals surface area contributed by atoms with Crippen molar-refractivity contribution in [2.45, 2.75) is 18.4 Å². The quantitative estimate of drug-likeness (QED) is 0.623. The van der Waals surface area contributed by atoms with Gasteiger partial charge in [-0.15, -0.1) is 0 Å². The summed E-state index contributed by atoms with van der Waals surface area (Å²) in [5.74, 6) is 0.940. The lowest BCUT2D eigenvalue weighted by atomic mass is 9.96. The van der Waals surface area contributed by atoms with Crippen molar-refractivity contribution in [3.8, 4) is 0 Å². The molecule has 0 unspecified atom stereocenters. The van der Waals surface area contributed by atoms with Gasteiger partial charge in [-0.1, -0.05) is 91.0 Å². The van der Waals surface area contributed by atoms with E-state index < -0.39 is 0 Å². The molecule has 30 heavy (non-hydrogen) atoms. The standard InChI is InChI=1S/C27H28N2O/c30-27(25-20-24(25)21-10-4-1-5-11-21)29-18-16-28(17-19-29)26(22-12-6-2-7-13-22)23-14-8-3-9-15-23/h1-15,24-26H,16-20H2/t24-,25+/m1/s1. The summed E-state index contributed by atoms with van der Waals surface area (Å²) in [5.41, 5.74) is 3.94. The summed E-state index contributed by atoms with van der Waals surface area (Å²) in [6.45, 7) is 3.44. The lowest BCUT2D eigenvalue weighted by Gasteiger charge is -2.40. The molecule has 5 rings (SSSR count). The van der Waals surface area contributed by atoms with Gasteiger partial charge in [-0.25, -0.2) is 0 Å². The summed E-state index contributed by atoms with van der Waals surface area (Å²) in [6, 6.07) is 32.2. The van der Waals surface area contributed by atoms with Gasteiger partial charge in [0.1, 0.15) is 0 Å². The second-order valence-corrected chi connectivity index (χ2v) is 8.44. The van der Waals surface area contributed by atoms with E-state index >= 15 is 0 Å². The predicted molar refractivity (Wildman–Crippen MR) is 120 cm³/mol. The number of nitrogens with zero attached hydrogens (tertiary/aromatic N) is 2. The average molecular weight is 397 g/mol. The van der Waals surface area contributed by atoms with Gasteiger partial charge in [0.05, 0.1) is 6.04 Å². The van der Waals surface area contributed by atoms with Crippen molar-refractivity contribution in [3.05, 3.63) is 108 Å². The van der Waals surface area contributed by atoms with E-state index in [2.05, 4.69) is 94.7 Å². The topological polar surface area (TPSA) is 23.6 Å². The lowest BCUT2D eigenvalue weighted by Crippen LogP contribution is -2.50. The maximum atomic E-state index is 13.1. The van der Waals surface area contributed by atoms with Gasteiger partial charge in [0, 0.05) is 32.1 Å². The molecule has 3 aromatic rings. The van der Waals surface area contributed by atoms with Crippen LogP contribution in [0, 0.1) is 5.92 Å². The van der Waals surface area contributed by atoms with Crippen molar-refractivity contribution < 1.29 is 4.79 Å². The van der Waals surface area contributed by atoms with Crippen molar-refractivity contribution in [2.75, 3.05) is 26.2 Å². The molecule has 0 radical (unpaired) electrons. The average Bonchev–Trinajstić information content (AvgIpc) is 3.62. The molecule has 2 fully saturated rings. The minimum atomic E-state index is 0.179. The minimum absolute atomic E-state index is 0.179. The summed E-state index contributed by atoms with van der Waals surface area (Å²) in [4.78, 5) is 17.7. The molecule has 2 aliphatic rings. The highest BCUT2D eigenvalue weighted by Crippen LogP contribution is 2.48. The normalized spacial score (nSPS) is 21.6. The van der Waals surface area contributed by atoms with Gasteiger partial charge in [-0.05, 0) is 29.0 Å². The van der Waals surface area contributed by atoms with Crippen LogP contribution in [0.3, 0.4) is 0 Å². The summed E-state index contributed by atoms with van der Waals surface area (Å²) < 4.78 is 0. The molecule has 3 aromatic carbocycles. The highest BCUT2D eigenvalue weighted by atomic mass is 16.2. The van der Waals surface area contributed by atoms with Gasteiger partial charge >= 0.3 is 0 Å². The SMILES string of the molecule is O=C([C@H]1C[C@@H]1c1ccccc1)N1CCN(C(c2ccccc2)c2ccccc2)CC1. The molecule has 1 saturated heterocycles. The maximum absolute atomic E-state index is 13.1. The third kappa shape index (κ3) is 3.90. The van der Waals surface area contributed by atoms with E-state index in [9.17, 15) is 4.79 Å². The maximum Gasteiger partial charge on any atom is 0.226 e. The highest BCUT2D eigenvalue weighted by Gasteiger charge is 2.46. The molecular weight excluding hydrogens is 368 g/mol. The molecule has 3 nitrogen and oxygen atoms in total. The van der Waals surface area contributed by atoms with Crippen LogP contribution in [0.2, 0.25) is 0 Å². The molecule has 1 aliphatic heterocycles. The van der Waals surface area contributed by atoms with E-state index in [0.717, 1.165) is 32.6 Å². The fourth-order valence-electron chi connectivity index (χ4n) is 4.86. The lowest BCUT2D eigenvalue weighted by molar-refractivity contribution is -0.134. The number of amides is 1. The smallest absolute Gasteiger partial charge is 0.226 e. The molecule has 1 amide bonds. The van der Waals surface area contributed by atoms with Crippen LogP contribution in [-0.2, 0) is 4.79 Å². The van der Waals surface area contributed by atoms with Crippen LogP contribution in [0.25, 0.3) is 0 Å². The first kappa shape index (κ1) is 19.1. The molecule has 0 aromatic heterocycles. The van der Waals surface area contributed by atoms with Crippen molar-refractivity contribution in [2.24, 2.45) is 5.92 Å². The molecule has 1 saturated carbocycles. The molecule has 2 atom stereocenters. The largest absolute Gasteiger partial charge is 0.340 e. The van der Waals surface area contributed by atoms with E-state index in [1.54, 1.807) is 0 Å². The second kappa shape index (κ2) is 8.45. The summed E-state index contributed by atoms with van der Waals surface area (Å²) >= 11 is 0. The van der Waals surface area contributed by atoms with Gasteiger partial charge in [-0.2, -0.15) is 0 Å². The van der Waals surface area contributed by atoms with Gasteiger partial charge < -0.3 is 4.90 Å². The van der Waals surface area contributed by atoms with Crippen molar-refractivity contribution in [1.29, 1.82) is 0 Å². The van der Waals surface area contributed by atoms with Crippen LogP contribution in [0.15, 0.2) is 91.0 Å². The zero-order chi connectivity index (χ0) is 20.3. The molecule has 1 heterocycles. The van der Waals surface area contributed by atoms with E-state index in [-0.39, 0.29) is 12.0 Å². The number of benzene rings is 3. The Balaban J connectivity index is 1.26. The Morgan fingerprint density at radius 1 is 0.700 bits per heavy atom. The molecule has 152 valence electrons. The second-order valence-electron chi connectivity index (χ2n) is 8.44. The fraction of sp³-hybridized carbons (Fsp3) is 0.296. The van der Waals surface area contributed by atoms with Crippen LogP contribution in [-0.4, -0.2) is 41.9 Å². The van der Waals surface area contributed by atoms with Crippen LogP contribution in [0.1, 0.15) is 35.1 Å². The number of piperazine rings is 1. The number of hydrogen-bond donors (Lipinski definition) is 0. The van der Waals surface area contributed by atoms with Gasteiger partial charge in [0.2, 0.25) is 5.91 Å². The van der Waals surface area contributed by atoms with Crippen LogP contribution in [0.4, 0.5) is 0 Å². The van der Waals surface area contributed by atoms with Gasteiger partial charge in [-0.3, -0.25) is 9.69 Å². The zero-order valence-corrected chi connectivity index (χ0v) is 17.2. The van der Waals surface area contributed by atoms with Gasteiger partial charge in [0.15, 0.2) is 0 Å². The van der Waals surface area contributed by atoms with Gasteiger partial charge in [0.25, 0.3) is 0 Å². The predicted octanol–water partition coefficient (Wildman–Crippen LogP) is 4.72. The Morgan fingerprint density at radius 3 is 1.73 bits per heavy atom. The first-order valence-electron chi connectivity index (χ1n) is 11.0. The number of carbonyl (C=O) groups excluding carboxylic acids is 1.